The number of para-hydroxylation sites is 1. The van der Waals surface area contributed by atoms with Crippen LogP contribution in [0.3, 0.4) is 0 Å². The van der Waals surface area contributed by atoms with Gasteiger partial charge < -0.3 is 18.6 Å². The minimum atomic E-state index is -6.10. The fourth-order valence-electron chi connectivity index (χ4n) is 5.37. The predicted molar refractivity (Wildman–Crippen MR) is 164 cm³/mol. The minimum Gasteiger partial charge on any atom is -0.497 e. The number of nitrogens with zero attached hydrogens (tertiary/aromatic N) is 2. The third-order valence-electron chi connectivity index (χ3n) is 7.81. The van der Waals surface area contributed by atoms with Crippen LogP contribution in [0.1, 0.15) is 45.1 Å². The van der Waals surface area contributed by atoms with Crippen LogP contribution in [0.25, 0.3) is 0 Å². The highest BCUT2D eigenvalue weighted by atomic mass is 32.3. The predicted octanol–water partition coefficient (Wildman–Crippen LogP) is 7.95. The van der Waals surface area contributed by atoms with Crippen molar-refractivity contribution in [2.24, 2.45) is 0 Å². The zero-order valence-electron chi connectivity index (χ0n) is 24.9. The second-order valence-corrected chi connectivity index (χ2v) is 13.9. The lowest BCUT2D eigenvalue weighted by molar-refractivity contribution is -0.0500. The Kier molecular flexibility index (Phi) is 10.0. The third-order valence-corrected chi connectivity index (χ3v) is 10.8. The number of benzene rings is 3. The summed E-state index contributed by atoms with van der Waals surface area (Å²) in [4.78, 5) is 1.66. The van der Waals surface area contributed by atoms with Crippen LogP contribution in [0.4, 0.5) is 24.5 Å². The monoisotopic (exact) mass is 658 g/mol. The van der Waals surface area contributed by atoms with Crippen molar-refractivity contribution in [3.63, 3.8) is 0 Å². The number of alkyl halides is 3. The van der Waals surface area contributed by atoms with E-state index < -0.39 is 37.7 Å². The molecule has 14 heteroatoms. The molecule has 0 amide bonds. The summed E-state index contributed by atoms with van der Waals surface area (Å²) < 4.78 is 105. The SMILES string of the molecule is CCCCC1(CC)CN(c2ccccc2)c2cc(OC)c(OS(=O)(=O)C(F)(F)F)cc2S(O)(O)N1Cc1ccc(OC)cc1. The largest absolute Gasteiger partial charge is 0.534 e. The maximum atomic E-state index is 13.3. The highest BCUT2D eigenvalue weighted by molar-refractivity contribution is 8.22. The van der Waals surface area contributed by atoms with Crippen molar-refractivity contribution in [2.45, 2.75) is 62.0 Å². The van der Waals surface area contributed by atoms with Gasteiger partial charge in [0.15, 0.2) is 11.5 Å². The van der Waals surface area contributed by atoms with E-state index in [0.717, 1.165) is 31.6 Å². The zero-order valence-corrected chi connectivity index (χ0v) is 26.5. The summed E-state index contributed by atoms with van der Waals surface area (Å²) in [5, 5.41) is 0. The van der Waals surface area contributed by atoms with Crippen LogP contribution >= 0.6 is 10.8 Å². The second kappa shape index (κ2) is 13.1. The molecule has 9 nitrogen and oxygen atoms in total. The summed E-state index contributed by atoms with van der Waals surface area (Å²) in [7, 11) is -7.42. The Hall–Kier alpha value is -3.17. The molecule has 4 rings (SSSR count). The molecule has 0 saturated carbocycles. The summed E-state index contributed by atoms with van der Waals surface area (Å²) >= 11 is 0. The number of anilines is 2. The fourth-order valence-corrected chi connectivity index (χ4v) is 7.93. The van der Waals surface area contributed by atoms with Crippen LogP contribution in [0.15, 0.2) is 71.6 Å². The molecule has 2 N–H and O–H groups in total. The van der Waals surface area contributed by atoms with Gasteiger partial charge in [-0.15, -0.1) is 10.8 Å². The molecule has 3 aromatic rings. The van der Waals surface area contributed by atoms with Crippen LogP contribution < -0.4 is 18.6 Å². The van der Waals surface area contributed by atoms with Gasteiger partial charge in [-0.05, 0) is 42.7 Å². The summed E-state index contributed by atoms with van der Waals surface area (Å²) in [6.45, 7) is 4.33. The normalized spacial score (nSPS) is 19.5. The minimum absolute atomic E-state index is 0.0645. The first-order chi connectivity index (χ1) is 20.7. The van der Waals surface area contributed by atoms with Gasteiger partial charge in [0.05, 0.1) is 25.4 Å². The number of rotatable bonds is 11. The van der Waals surface area contributed by atoms with Crippen molar-refractivity contribution in [2.75, 3.05) is 25.7 Å². The molecule has 44 heavy (non-hydrogen) atoms. The summed E-state index contributed by atoms with van der Waals surface area (Å²) in [5.74, 6) is -0.533. The Morgan fingerprint density at radius 1 is 0.955 bits per heavy atom. The van der Waals surface area contributed by atoms with E-state index in [0.29, 0.717) is 24.3 Å². The summed E-state index contributed by atoms with van der Waals surface area (Å²) in [6, 6.07) is 18.4. The van der Waals surface area contributed by atoms with Crippen LogP contribution in [-0.4, -0.2) is 53.6 Å². The van der Waals surface area contributed by atoms with Crippen LogP contribution in [0.5, 0.6) is 17.2 Å². The molecular weight excluding hydrogens is 621 g/mol. The highest BCUT2D eigenvalue weighted by Gasteiger charge is 2.51. The molecule has 1 aliphatic heterocycles. The van der Waals surface area contributed by atoms with E-state index in [-0.39, 0.29) is 29.4 Å². The van der Waals surface area contributed by atoms with Crippen molar-refractivity contribution in [3.8, 4) is 17.2 Å². The first-order valence-corrected chi connectivity index (χ1v) is 16.9. The van der Waals surface area contributed by atoms with Crippen LogP contribution in [0.2, 0.25) is 0 Å². The first kappa shape index (κ1) is 33.7. The van der Waals surface area contributed by atoms with Crippen molar-refractivity contribution in [1.82, 2.24) is 4.31 Å². The van der Waals surface area contributed by atoms with E-state index in [1.165, 1.54) is 13.2 Å². The van der Waals surface area contributed by atoms with E-state index >= 15 is 0 Å². The Bertz CT molecular complexity index is 1540. The lowest BCUT2D eigenvalue weighted by Crippen LogP contribution is -2.53. The topological polar surface area (TPSA) is 109 Å². The van der Waals surface area contributed by atoms with Gasteiger partial charge in [-0.25, -0.2) is 0 Å². The van der Waals surface area contributed by atoms with Crippen molar-refractivity contribution >= 4 is 32.3 Å². The summed E-state index contributed by atoms with van der Waals surface area (Å²) in [5.41, 5.74) is -4.92. The van der Waals surface area contributed by atoms with Gasteiger partial charge in [0, 0.05) is 30.9 Å². The molecule has 0 aliphatic carbocycles. The lowest BCUT2D eigenvalue weighted by atomic mass is 9.88. The molecule has 1 atom stereocenters. The number of unbranched alkanes of at least 4 members (excludes halogenated alkanes) is 1. The molecular formula is C30H37F3N2O7S2. The number of fused-ring (bicyclic) bond motifs is 1. The van der Waals surface area contributed by atoms with Gasteiger partial charge >= 0.3 is 15.6 Å². The van der Waals surface area contributed by atoms with E-state index in [4.69, 9.17) is 9.47 Å². The molecule has 0 saturated heterocycles. The number of ether oxygens (including phenoxy) is 2. The Labute approximate surface area is 257 Å². The summed E-state index contributed by atoms with van der Waals surface area (Å²) in [6.07, 6.45) is 2.63. The molecule has 1 unspecified atom stereocenters. The first-order valence-electron chi connectivity index (χ1n) is 14.0. The molecule has 3 aromatic carbocycles. The Morgan fingerprint density at radius 2 is 1.61 bits per heavy atom. The standard InChI is InChI=1S/C30H37F3N2O7S2/c1-5-7-17-29(6-2)21-34(23-11-9-8-10-12-23)25-18-26(41-4)27(42-44(38,39)30(31,32)33)19-28(25)43(36,37)35(29)20-22-13-15-24(40-3)16-14-22/h8-16,18-19,36-37H,5-7,17,20-21H2,1-4H3. The van der Waals surface area contributed by atoms with E-state index in [9.17, 15) is 30.7 Å². The molecule has 1 aliphatic rings. The van der Waals surface area contributed by atoms with E-state index in [2.05, 4.69) is 4.18 Å². The molecule has 0 fully saturated rings. The van der Waals surface area contributed by atoms with Crippen molar-refractivity contribution in [3.05, 3.63) is 72.3 Å². The van der Waals surface area contributed by atoms with Gasteiger partial charge in [-0.1, -0.05) is 57.0 Å². The second-order valence-electron chi connectivity index (χ2n) is 10.5. The van der Waals surface area contributed by atoms with Gasteiger partial charge in [0.25, 0.3) is 0 Å². The van der Waals surface area contributed by atoms with Crippen molar-refractivity contribution < 1.29 is 44.4 Å². The lowest BCUT2D eigenvalue weighted by Gasteiger charge is -2.52. The van der Waals surface area contributed by atoms with E-state index in [1.54, 1.807) is 28.6 Å². The Balaban J connectivity index is 2.01. The van der Waals surface area contributed by atoms with Gasteiger partial charge in [-0.3, -0.25) is 9.11 Å². The zero-order chi connectivity index (χ0) is 32.3. The maximum absolute atomic E-state index is 13.3. The number of hydrogen-bond donors (Lipinski definition) is 2. The fraction of sp³-hybridized carbons (Fsp3) is 0.400. The molecule has 0 aromatic heterocycles. The van der Waals surface area contributed by atoms with Gasteiger partial charge in [-0.2, -0.15) is 25.9 Å². The third kappa shape index (κ3) is 6.59. The molecule has 0 bridgehead atoms. The molecule has 0 radical (unpaired) electrons. The van der Waals surface area contributed by atoms with Crippen LogP contribution in [-0.2, 0) is 16.7 Å². The van der Waals surface area contributed by atoms with Gasteiger partial charge in [0.1, 0.15) is 10.6 Å². The average molecular weight is 659 g/mol. The quantitative estimate of drug-likeness (QED) is 0.157. The Morgan fingerprint density at radius 3 is 2.16 bits per heavy atom. The number of hydrogen-bond acceptors (Lipinski definition) is 9. The van der Waals surface area contributed by atoms with Crippen LogP contribution in [0, 0.1) is 0 Å². The van der Waals surface area contributed by atoms with Gasteiger partial charge in [0.2, 0.25) is 0 Å². The number of halogens is 3. The molecule has 1 heterocycles. The molecule has 242 valence electrons. The molecule has 0 spiro atoms. The van der Waals surface area contributed by atoms with Crippen molar-refractivity contribution in [1.29, 1.82) is 0 Å². The number of methoxy groups -OCH3 is 2. The highest BCUT2D eigenvalue weighted by Crippen LogP contribution is 2.64. The smallest absolute Gasteiger partial charge is 0.497 e. The average Bonchev–Trinajstić information content (AvgIpc) is 3.07. The van der Waals surface area contributed by atoms with E-state index in [1.807, 2.05) is 49.1 Å². The maximum Gasteiger partial charge on any atom is 0.534 e.